The third-order valence-corrected chi connectivity index (χ3v) is 3.26. The van der Waals surface area contributed by atoms with Gasteiger partial charge in [-0.2, -0.15) is 18.3 Å². The molecule has 2 aromatic rings. The summed E-state index contributed by atoms with van der Waals surface area (Å²) in [5, 5.41) is 4.24. The number of benzene rings is 1. The maximum absolute atomic E-state index is 12.5. The van der Waals surface area contributed by atoms with Crippen molar-refractivity contribution in [2.75, 3.05) is 0 Å². The molecule has 0 saturated heterocycles. The Labute approximate surface area is 102 Å². The summed E-state index contributed by atoms with van der Waals surface area (Å²) in [4.78, 5) is 0. The van der Waals surface area contributed by atoms with E-state index in [2.05, 4.69) is 5.10 Å². The molecule has 1 aliphatic heterocycles. The zero-order valence-corrected chi connectivity index (χ0v) is 9.54. The number of aromatic nitrogens is 2. The molecule has 1 aliphatic rings. The van der Waals surface area contributed by atoms with Gasteiger partial charge in [-0.15, -0.1) is 0 Å². The standard InChI is InChI=1S/C13H11F3N2/c14-13(15,16)10-5-3-9(4-6-10)11-8-17-18-7-1-2-12(11)18/h3-6,8H,1-2,7H2. The summed E-state index contributed by atoms with van der Waals surface area (Å²) in [6, 6.07) is 5.26. The summed E-state index contributed by atoms with van der Waals surface area (Å²) in [5.74, 6) is 0. The Morgan fingerprint density at radius 2 is 1.83 bits per heavy atom. The van der Waals surface area contributed by atoms with Gasteiger partial charge in [0.25, 0.3) is 0 Å². The molecule has 0 amide bonds. The fourth-order valence-corrected chi connectivity index (χ4v) is 2.34. The Bertz CT molecular complexity index is 567. The van der Waals surface area contributed by atoms with Crippen molar-refractivity contribution in [3.8, 4) is 11.1 Å². The van der Waals surface area contributed by atoms with E-state index in [1.807, 2.05) is 4.68 Å². The second-order valence-corrected chi connectivity index (χ2v) is 4.41. The third-order valence-electron chi connectivity index (χ3n) is 3.26. The average Bonchev–Trinajstić information content (AvgIpc) is 2.89. The van der Waals surface area contributed by atoms with Gasteiger partial charge in [-0.1, -0.05) is 12.1 Å². The van der Waals surface area contributed by atoms with E-state index >= 15 is 0 Å². The van der Waals surface area contributed by atoms with Crippen LogP contribution in [0.25, 0.3) is 11.1 Å². The molecule has 1 aromatic heterocycles. The fourth-order valence-electron chi connectivity index (χ4n) is 2.34. The number of nitrogens with zero attached hydrogens (tertiary/aromatic N) is 2. The highest BCUT2D eigenvalue weighted by Gasteiger charge is 2.30. The highest BCUT2D eigenvalue weighted by atomic mass is 19.4. The number of rotatable bonds is 1. The second kappa shape index (κ2) is 3.86. The van der Waals surface area contributed by atoms with Crippen molar-refractivity contribution in [3.05, 3.63) is 41.7 Å². The monoisotopic (exact) mass is 252 g/mol. The van der Waals surface area contributed by atoms with Gasteiger partial charge >= 0.3 is 6.18 Å². The van der Waals surface area contributed by atoms with Gasteiger partial charge in [0.1, 0.15) is 0 Å². The van der Waals surface area contributed by atoms with Crippen LogP contribution < -0.4 is 0 Å². The normalized spacial score (nSPS) is 14.8. The van der Waals surface area contributed by atoms with Crippen molar-refractivity contribution in [2.24, 2.45) is 0 Å². The number of halogens is 3. The van der Waals surface area contributed by atoms with Crippen molar-refractivity contribution in [1.29, 1.82) is 0 Å². The van der Waals surface area contributed by atoms with Crippen LogP contribution in [0.3, 0.4) is 0 Å². The minimum atomic E-state index is -4.28. The maximum atomic E-state index is 12.5. The van der Waals surface area contributed by atoms with E-state index in [1.165, 1.54) is 12.1 Å². The Hall–Kier alpha value is -1.78. The van der Waals surface area contributed by atoms with E-state index < -0.39 is 11.7 Å². The van der Waals surface area contributed by atoms with E-state index in [0.717, 1.165) is 48.3 Å². The molecule has 94 valence electrons. The van der Waals surface area contributed by atoms with E-state index in [0.29, 0.717) is 0 Å². The van der Waals surface area contributed by atoms with Gasteiger partial charge in [0.05, 0.1) is 11.8 Å². The minimum absolute atomic E-state index is 0.616. The van der Waals surface area contributed by atoms with Crippen molar-refractivity contribution in [1.82, 2.24) is 9.78 Å². The van der Waals surface area contributed by atoms with Crippen LogP contribution in [0.5, 0.6) is 0 Å². The van der Waals surface area contributed by atoms with Gasteiger partial charge in [0.2, 0.25) is 0 Å². The molecule has 0 radical (unpaired) electrons. The Balaban J connectivity index is 1.98. The number of fused-ring (bicyclic) bond motifs is 1. The van der Waals surface area contributed by atoms with Gasteiger partial charge < -0.3 is 0 Å². The molecule has 0 atom stereocenters. The van der Waals surface area contributed by atoms with E-state index in [4.69, 9.17) is 0 Å². The van der Waals surface area contributed by atoms with Gasteiger partial charge in [-0.25, -0.2) is 0 Å². The quantitative estimate of drug-likeness (QED) is 0.759. The zero-order valence-electron chi connectivity index (χ0n) is 9.54. The molecular weight excluding hydrogens is 241 g/mol. The number of hydrogen-bond acceptors (Lipinski definition) is 1. The molecule has 18 heavy (non-hydrogen) atoms. The number of aryl methyl sites for hydroxylation is 1. The van der Waals surface area contributed by atoms with Crippen LogP contribution in [0, 0.1) is 0 Å². The Kier molecular flexibility index (Phi) is 2.43. The van der Waals surface area contributed by atoms with E-state index in [1.54, 1.807) is 6.20 Å². The van der Waals surface area contributed by atoms with E-state index in [9.17, 15) is 13.2 Å². The van der Waals surface area contributed by atoms with Crippen molar-refractivity contribution in [2.45, 2.75) is 25.6 Å². The molecule has 1 aromatic carbocycles. The first-order valence-electron chi connectivity index (χ1n) is 5.78. The van der Waals surface area contributed by atoms with Gasteiger partial charge in [0.15, 0.2) is 0 Å². The minimum Gasteiger partial charge on any atom is -0.269 e. The third kappa shape index (κ3) is 1.79. The molecule has 0 saturated carbocycles. The molecule has 0 bridgehead atoms. The van der Waals surface area contributed by atoms with Crippen LogP contribution >= 0.6 is 0 Å². The maximum Gasteiger partial charge on any atom is 0.416 e. The highest BCUT2D eigenvalue weighted by Crippen LogP contribution is 2.32. The SMILES string of the molecule is FC(F)(F)c1ccc(-c2cnn3c2CCC3)cc1. The lowest BCUT2D eigenvalue weighted by molar-refractivity contribution is -0.137. The summed E-state index contributed by atoms with van der Waals surface area (Å²) in [6.07, 6.45) is -0.552. The molecule has 0 N–H and O–H groups in total. The van der Waals surface area contributed by atoms with Crippen LogP contribution in [0.1, 0.15) is 17.7 Å². The first-order valence-corrected chi connectivity index (χ1v) is 5.78. The molecule has 0 spiro atoms. The molecule has 5 heteroatoms. The first-order chi connectivity index (χ1) is 8.55. The fraction of sp³-hybridized carbons (Fsp3) is 0.308. The van der Waals surface area contributed by atoms with Gasteiger partial charge in [0, 0.05) is 17.8 Å². The van der Waals surface area contributed by atoms with Gasteiger partial charge in [-0.3, -0.25) is 4.68 Å². The summed E-state index contributed by atoms with van der Waals surface area (Å²) in [5.41, 5.74) is 2.25. The predicted molar refractivity (Wildman–Crippen MR) is 61.0 cm³/mol. The molecule has 2 nitrogen and oxygen atoms in total. The number of alkyl halides is 3. The van der Waals surface area contributed by atoms with Crippen LogP contribution in [-0.4, -0.2) is 9.78 Å². The lowest BCUT2D eigenvalue weighted by atomic mass is 10.0. The molecule has 0 unspecified atom stereocenters. The topological polar surface area (TPSA) is 17.8 Å². The van der Waals surface area contributed by atoms with Crippen LogP contribution in [0.4, 0.5) is 13.2 Å². The summed E-state index contributed by atoms with van der Waals surface area (Å²) < 4.78 is 39.3. The number of hydrogen-bond donors (Lipinski definition) is 0. The summed E-state index contributed by atoms with van der Waals surface area (Å²) >= 11 is 0. The molecule has 0 aliphatic carbocycles. The van der Waals surface area contributed by atoms with Crippen LogP contribution in [0.2, 0.25) is 0 Å². The van der Waals surface area contributed by atoms with Gasteiger partial charge in [-0.05, 0) is 30.5 Å². The molecule has 2 heterocycles. The van der Waals surface area contributed by atoms with Crippen molar-refractivity contribution in [3.63, 3.8) is 0 Å². The second-order valence-electron chi connectivity index (χ2n) is 4.41. The van der Waals surface area contributed by atoms with Crippen molar-refractivity contribution < 1.29 is 13.2 Å². The predicted octanol–water partition coefficient (Wildman–Crippen LogP) is 3.52. The Morgan fingerprint density at radius 1 is 1.11 bits per heavy atom. The lowest BCUT2D eigenvalue weighted by Gasteiger charge is -2.07. The van der Waals surface area contributed by atoms with Crippen LogP contribution in [0.15, 0.2) is 30.5 Å². The van der Waals surface area contributed by atoms with E-state index in [-0.39, 0.29) is 0 Å². The first kappa shape index (κ1) is 11.3. The Morgan fingerprint density at radius 3 is 2.50 bits per heavy atom. The smallest absolute Gasteiger partial charge is 0.269 e. The van der Waals surface area contributed by atoms with Crippen LogP contribution in [-0.2, 0) is 19.1 Å². The summed E-state index contributed by atoms with van der Waals surface area (Å²) in [6.45, 7) is 0.899. The zero-order chi connectivity index (χ0) is 12.8. The molecular formula is C13H11F3N2. The molecule has 0 fully saturated rings. The average molecular weight is 252 g/mol. The lowest BCUT2D eigenvalue weighted by Crippen LogP contribution is -2.04. The molecule has 3 rings (SSSR count). The highest BCUT2D eigenvalue weighted by molar-refractivity contribution is 5.66. The summed E-state index contributed by atoms with van der Waals surface area (Å²) in [7, 11) is 0. The largest absolute Gasteiger partial charge is 0.416 e. The van der Waals surface area contributed by atoms with Crippen molar-refractivity contribution >= 4 is 0 Å².